The van der Waals surface area contributed by atoms with Crippen molar-refractivity contribution in [3.8, 4) is 5.75 Å². The van der Waals surface area contributed by atoms with Crippen LogP contribution in [-0.4, -0.2) is 10.7 Å². The molecule has 1 aromatic heterocycles. The van der Waals surface area contributed by atoms with Crippen LogP contribution in [0, 0.1) is 12.8 Å². The van der Waals surface area contributed by atoms with Gasteiger partial charge in [0.2, 0.25) is 0 Å². The molecule has 0 N–H and O–H groups in total. The molecule has 0 amide bonds. The van der Waals surface area contributed by atoms with E-state index in [1.165, 1.54) is 44.1 Å². The van der Waals surface area contributed by atoms with Crippen LogP contribution >= 0.6 is 15.9 Å². The van der Waals surface area contributed by atoms with E-state index >= 15 is 0 Å². The molecule has 1 aliphatic carbocycles. The van der Waals surface area contributed by atoms with Crippen LogP contribution in [0.2, 0.25) is 0 Å². The van der Waals surface area contributed by atoms with E-state index in [1.807, 2.05) is 0 Å². The fourth-order valence-corrected chi connectivity index (χ4v) is 3.86. The van der Waals surface area contributed by atoms with Gasteiger partial charge in [-0.1, -0.05) is 22.0 Å². The first-order valence-corrected chi connectivity index (χ1v) is 9.54. The molecule has 2 nitrogen and oxygen atoms in total. The predicted molar refractivity (Wildman–Crippen MR) is 98.9 cm³/mol. The SMILES string of the molecule is Cc1c(Br)cccc1OC1CCC(CCCn2cccc2)CC1. The zero-order valence-corrected chi connectivity index (χ0v) is 15.5. The van der Waals surface area contributed by atoms with Crippen LogP contribution < -0.4 is 4.74 Å². The van der Waals surface area contributed by atoms with Crippen LogP contribution in [0.1, 0.15) is 44.1 Å². The minimum Gasteiger partial charge on any atom is -0.490 e. The van der Waals surface area contributed by atoms with Gasteiger partial charge in [-0.25, -0.2) is 0 Å². The molecule has 0 saturated heterocycles. The summed E-state index contributed by atoms with van der Waals surface area (Å²) >= 11 is 3.58. The second-order valence-electron chi connectivity index (χ2n) is 6.69. The Morgan fingerprint density at radius 1 is 1.09 bits per heavy atom. The Bertz CT molecular complexity index is 600. The average molecular weight is 376 g/mol. The van der Waals surface area contributed by atoms with E-state index < -0.39 is 0 Å². The van der Waals surface area contributed by atoms with E-state index in [4.69, 9.17) is 4.74 Å². The molecular formula is C20H26BrNO. The largest absolute Gasteiger partial charge is 0.490 e. The highest BCUT2D eigenvalue weighted by Gasteiger charge is 2.22. The van der Waals surface area contributed by atoms with Gasteiger partial charge in [-0.15, -0.1) is 0 Å². The number of hydrogen-bond donors (Lipinski definition) is 0. The lowest BCUT2D eigenvalue weighted by Crippen LogP contribution is -2.24. The molecule has 3 rings (SSSR count). The molecule has 1 heterocycles. The number of ether oxygens (including phenoxy) is 1. The Labute approximate surface area is 148 Å². The molecule has 1 aliphatic rings. The van der Waals surface area contributed by atoms with Gasteiger partial charge in [0.05, 0.1) is 6.10 Å². The molecule has 1 aromatic carbocycles. The molecule has 0 radical (unpaired) electrons. The van der Waals surface area contributed by atoms with Gasteiger partial charge in [-0.2, -0.15) is 0 Å². The van der Waals surface area contributed by atoms with Gasteiger partial charge in [0, 0.05) is 29.0 Å². The van der Waals surface area contributed by atoms with E-state index in [0.717, 1.165) is 22.7 Å². The van der Waals surface area contributed by atoms with Gasteiger partial charge in [0.15, 0.2) is 0 Å². The van der Waals surface area contributed by atoms with Gasteiger partial charge < -0.3 is 9.30 Å². The van der Waals surface area contributed by atoms with Crippen molar-refractivity contribution in [2.24, 2.45) is 5.92 Å². The van der Waals surface area contributed by atoms with Crippen LogP contribution in [-0.2, 0) is 6.54 Å². The molecule has 0 bridgehead atoms. The minimum absolute atomic E-state index is 0.392. The highest BCUT2D eigenvalue weighted by atomic mass is 79.9. The summed E-state index contributed by atoms with van der Waals surface area (Å²) < 4.78 is 9.66. The third-order valence-corrected chi connectivity index (χ3v) is 5.86. The van der Waals surface area contributed by atoms with E-state index in [9.17, 15) is 0 Å². The molecule has 124 valence electrons. The first-order valence-electron chi connectivity index (χ1n) is 8.75. The normalized spacial score (nSPS) is 21.3. The number of rotatable bonds is 6. The summed E-state index contributed by atoms with van der Waals surface area (Å²) in [5.74, 6) is 1.92. The number of aryl methyl sites for hydroxylation is 1. The minimum atomic E-state index is 0.392. The summed E-state index contributed by atoms with van der Waals surface area (Å²) in [6.07, 6.45) is 12.4. The maximum atomic E-state index is 6.24. The molecule has 2 aromatic rings. The Morgan fingerprint density at radius 2 is 1.83 bits per heavy atom. The molecule has 1 fully saturated rings. The number of benzene rings is 1. The average Bonchev–Trinajstić information content (AvgIpc) is 3.07. The van der Waals surface area contributed by atoms with Crippen molar-refractivity contribution in [3.63, 3.8) is 0 Å². The fraction of sp³-hybridized carbons (Fsp3) is 0.500. The summed E-state index contributed by atoms with van der Waals surface area (Å²) in [5.41, 5.74) is 1.21. The third kappa shape index (κ3) is 4.63. The third-order valence-electron chi connectivity index (χ3n) is 5.00. The maximum absolute atomic E-state index is 6.24. The molecule has 0 atom stereocenters. The Kier molecular flexibility index (Phi) is 5.82. The predicted octanol–water partition coefficient (Wildman–Crippen LogP) is 5.98. The lowest BCUT2D eigenvalue weighted by molar-refractivity contribution is 0.126. The fourth-order valence-electron chi connectivity index (χ4n) is 3.52. The number of hydrogen-bond acceptors (Lipinski definition) is 1. The summed E-state index contributed by atoms with van der Waals surface area (Å²) in [5, 5.41) is 0. The Morgan fingerprint density at radius 3 is 2.57 bits per heavy atom. The second kappa shape index (κ2) is 8.05. The summed E-state index contributed by atoms with van der Waals surface area (Å²) in [4.78, 5) is 0. The second-order valence-corrected chi connectivity index (χ2v) is 7.54. The van der Waals surface area contributed by atoms with E-state index in [2.05, 4.69) is 70.1 Å². The zero-order valence-electron chi connectivity index (χ0n) is 13.9. The Hall–Kier alpha value is -1.22. The molecular weight excluding hydrogens is 350 g/mol. The van der Waals surface area contributed by atoms with Gasteiger partial charge in [0.25, 0.3) is 0 Å². The van der Waals surface area contributed by atoms with Crippen molar-refractivity contribution < 1.29 is 4.74 Å². The van der Waals surface area contributed by atoms with Gasteiger partial charge in [-0.3, -0.25) is 0 Å². The lowest BCUT2D eigenvalue weighted by atomic mass is 9.84. The van der Waals surface area contributed by atoms with Gasteiger partial charge in [-0.05, 0) is 75.6 Å². The number of halogens is 1. The standard InChI is InChI=1S/C20H26BrNO/c1-16-19(21)7-4-8-20(16)23-18-11-9-17(10-12-18)6-5-15-22-13-2-3-14-22/h2-4,7-8,13-14,17-18H,5-6,9-12,15H2,1H3. The first kappa shape index (κ1) is 16.6. The highest BCUT2D eigenvalue weighted by molar-refractivity contribution is 9.10. The van der Waals surface area contributed by atoms with Crippen molar-refractivity contribution in [2.75, 3.05) is 0 Å². The molecule has 0 spiro atoms. The molecule has 3 heteroatoms. The van der Waals surface area contributed by atoms with Crippen LogP contribution in [0.25, 0.3) is 0 Å². The Balaban J connectivity index is 1.40. The highest BCUT2D eigenvalue weighted by Crippen LogP contribution is 2.33. The van der Waals surface area contributed by atoms with Gasteiger partial charge in [0.1, 0.15) is 5.75 Å². The first-order chi connectivity index (χ1) is 11.2. The monoisotopic (exact) mass is 375 g/mol. The van der Waals surface area contributed by atoms with Crippen molar-refractivity contribution in [2.45, 2.75) is 58.1 Å². The maximum Gasteiger partial charge on any atom is 0.123 e. The van der Waals surface area contributed by atoms with Crippen LogP contribution in [0.4, 0.5) is 0 Å². The number of nitrogens with zero attached hydrogens (tertiary/aromatic N) is 1. The van der Waals surface area contributed by atoms with Crippen molar-refractivity contribution in [3.05, 3.63) is 52.8 Å². The van der Waals surface area contributed by atoms with Crippen molar-refractivity contribution in [1.82, 2.24) is 4.57 Å². The molecule has 23 heavy (non-hydrogen) atoms. The van der Waals surface area contributed by atoms with Crippen LogP contribution in [0.15, 0.2) is 47.2 Å². The van der Waals surface area contributed by atoms with Crippen molar-refractivity contribution >= 4 is 15.9 Å². The topological polar surface area (TPSA) is 14.2 Å². The van der Waals surface area contributed by atoms with Crippen LogP contribution in [0.5, 0.6) is 5.75 Å². The summed E-state index contributed by atoms with van der Waals surface area (Å²) in [6.45, 7) is 3.27. The van der Waals surface area contributed by atoms with E-state index in [1.54, 1.807) is 0 Å². The summed E-state index contributed by atoms with van der Waals surface area (Å²) in [7, 11) is 0. The number of aromatic nitrogens is 1. The van der Waals surface area contributed by atoms with E-state index in [0.29, 0.717) is 6.10 Å². The zero-order chi connectivity index (χ0) is 16.1. The summed E-state index contributed by atoms with van der Waals surface area (Å²) in [6, 6.07) is 10.4. The smallest absolute Gasteiger partial charge is 0.123 e. The van der Waals surface area contributed by atoms with Gasteiger partial charge >= 0.3 is 0 Å². The quantitative estimate of drug-likeness (QED) is 0.605. The molecule has 0 aliphatic heterocycles. The molecule has 0 unspecified atom stereocenters. The van der Waals surface area contributed by atoms with Crippen LogP contribution in [0.3, 0.4) is 0 Å². The molecule has 1 saturated carbocycles. The lowest BCUT2D eigenvalue weighted by Gasteiger charge is -2.29. The van der Waals surface area contributed by atoms with Crippen molar-refractivity contribution in [1.29, 1.82) is 0 Å². The van der Waals surface area contributed by atoms with E-state index in [-0.39, 0.29) is 0 Å².